The lowest BCUT2D eigenvalue weighted by atomic mass is 10.1. The summed E-state index contributed by atoms with van der Waals surface area (Å²) < 4.78 is 17.3. The first-order valence-corrected chi connectivity index (χ1v) is 10.5. The van der Waals surface area contributed by atoms with Crippen molar-refractivity contribution in [1.82, 2.24) is 4.90 Å². The number of amides is 1. The minimum absolute atomic E-state index is 0.0978. The molecule has 0 atom stereocenters. The van der Waals surface area contributed by atoms with Gasteiger partial charge < -0.3 is 14.2 Å². The van der Waals surface area contributed by atoms with E-state index in [9.17, 15) is 4.79 Å². The second-order valence-electron chi connectivity index (χ2n) is 6.24. The molecular formula is C22H23NO4S2. The van der Waals surface area contributed by atoms with Gasteiger partial charge in [0, 0.05) is 7.11 Å². The third-order valence-corrected chi connectivity index (χ3v) is 5.57. The van der Waals surface area contributed by atoms with Gasteiger partial charge in [-0.3, -0.25) is 9.69 Å². The number of hydrogen-bond acceptors (Lipinski definition) is 6. The summed E-state index contributed by atoms with van der Waals surface area (Å²) >= 11 is 6.62. The third-order valence-electron chi connectivity index (χ3n) is 4.20. The molecule has 1 fully saturated rings. The van der Waals surface area contributed by atoms with Crippen LogP contribution in [0.25, 0.3) is 6.08 Å². The SMILES string of the molecule is CCOc1cc(/C=C2/SC(=S)N(CCOC)C2=O)ccc1OCc1ccccc1. The summed E-state index contributed by atoms with van der Waals surface area (Å²) in [5, 5.41) is 0. The molecular weight excluding hydrogens is 406 g/mol. The fraction of sp³-hybridized carbons (Fsp3) is 0.273. The highest BCUT2D eigenvalue weighted by Gasteiger charge is 2.31. The predicted molar refractivity (Wildman–Crippen MR) is 120 cm³/mol. The molecule has 0 bridgehead atoms. The Morgan fingerprint density at radius 2 is 1.90 bits per heavy atom. The summed E-state index contributed by atoms with van der Waals surface area (Å²) in [6.07, 6.45) is 1.83. The Morgan fingerprint density at radius 1 is 1.10 bits per heavy atom. The van der Waals surface area contributed by atoms with Gasteiger partial charge >= 0.3 is 0 Å². The minimum atomic E-state index is -0.0978. The summed E-state index contributed by atoms with van der Waals surface area (Å²) in [5.74, 6) is 1.21. The Morgan fingerprint density at radius 3 is 2.62 bits per heavy atom. The highest BCUT2D eigenvalue weighted by molar-refractivity contribution is 8.26. The molecule has 0 aromatic heterocycles. The molecule has 0 N–H and O–H groups in total. The van der Waals surface area contributed by atoms with Gasteiger partial charge in [-0.1, -0.05) is 60.4 Å². The van der Waals surface area contributed by atoms with Gasteiger partial charge in [-0.2, -0.15) is 0 Å². The van der Waals surface area contributed by atoms with Gasteiger partial charge in [-0.15, -0.1) is 0 Å². The van der Waals surface area contributed by atoms with E-state index >= 15 is 0 Å². The van der Waals surface area contributed by atoms with E-state index in [0.29, 0.717) is 47.1 Å². The van der Waals surface area contributed by atoms with Crippen LogP contribution >= 0.6 is 24.0 Å². The molecule has 0 radical (unpaired) electrons. The van der Waals surface area contributed by atoms with Crippen molar-refractivity contribution in [2.75, 3.05) is 26.9 Å². The van der Waals surface area contributed by atoms with Crippen LogP contribution in [0.2, 0.25) is 0 Å². The van der Waals surface area contributed by atoms with E-state index in [2.05, 4.69) is 0 Å². The van der Waals surface area contributed by atoms with Crippen LogP contribution in [0.3, 0.4) is 0 Å². The molecule has 1 aliphatic rings. The fourth-order valence-corrected chi connectivity index (χ4v) is 4.07. The van der Waals surface area contributed by atoms with Gasteiger partial charge in [0.1, 0.15) is 10.9 Å². The number of methoxy groups -OCH3 is 1. The number of benzene rings is 2. The quantitative estimate of drug-likeness (QED) is 0.432. The van der Waals surface area contributed by atoms with Gasteiger partial charge in [-0.05, 0) is 36.3 Å². The van der Waals surface area contributed by atoms with E-state index in [1.165, 1.54) is 11.8 Å². The van der Waals surface area contributed by atoms with Crippen LogP contribution in [0.5, 0.6) is 11.5 Å². The average molecular weight is 430 g/mol. The molecule has 0 unspecified atom stereocenters. The van der Waals surface area contributed by atoms with E-state index in [4.69, 9.17) is 26.4 Å². The molecule has 2 aromatic carbocycles. The van der Waals surface area contributed by atoms with Crippen molar-refractivity contribution in [3.05, 3.63) is 64.6 Å². The Kier molecular flexibility index (Phi) is 7.69. The molecule has 7 heteroatoms. The lowest BCUT2D eigenvalue weighted by Gasteiger charge is -2.13. The van der Waals surface area contributed by atoms with Crippen molar-refractivity contribution in [1.29, 1.82) is 0 Å². The van der Waals surface area contributed by atoms with E-state index < -0.39 is 0 Å². The van der Waals surface area contributed by atoms with Crippen LogP contribution in [-0.4, -0.2) is 42.0 Å². The first-order valence-electron chi connectivity index (χ1n) is 9.30. The molecule has 0 saturated carbocycles. The molecule has 5 nitrogen and oxygen atoms in total. The first-order chi connectivity index (χ1) is 14.1. The molecule has 0 spiro atoms. The normalized spacial score (nSPS) is 15.2. The van der Waals surface area contributed by atoms with Crippen molar-refractivity contribution < 1.29 is 19.0 Å². The number of carbonyl (C=O) groups excluding carboxylic acids is 1. The third kappa shape index (κ3) is 5.59. The molecule has 29 heavy (non-hydrogen) atoms. The predicted octanol–water partition coefficient (Wildman–Crippen LogP) is 4.51. The van der Waals surface area contributed by atoms with E-state index in [0.717, 1.165) is 11.1 Å². The lowest BCUT2D eigenvalue weighted by Crippen LogP contribution is -2.31. The number of thiocarbonyl (C=S) groups is 1. The van der Waals surface area contributed by atoms with Crippen LogP contribution in [-0.2, 0) is 16.1 Å². The van der Waals surface area contributed by atoms with Gasteiger partial charge in [0.05, 0.1) is 24.7 Å². The number of hydrogen-bond donors (Lipinski definition) is 0. The van der Waals surface area contributed by atoms with Gasteiger partial charge in [-0.25, -0.2) is 0 Å². The number of rotatable bonds is 9. The van der Waals surface area contributed by atoms with Crippen LogP contribution in [0, 0.1) is 0 Å². The maximum atomic E-state index is 12.6. The van der Waals surface area contributed by atoms with Gasteiger partial charge in [0.25, 0.3) is 5.91 Å². The Balaban J connectivity index is 1.76. The van der Waals surface area contributed by atoms with Crippen molar-refractivity contribution in [3.63, 3.8) is 0 Å². The molecule has 3 rings (SSSR count). The lowest BCUT2D eigenvalue weighted by molar-refractivity contribution is -0.122. The Bertz CT molecular complexity index is 899. The monoisotopic (exact) mass is 429 g/mol. The molecule has 1 saturated heterocycles. The molecule has 152 valence electrons. The van der Waals surface area contributed by atoms with Gasteiger partial charge in [0.2, 0.25) is 0 Å². The highest BCUT2D eigenvalue weighted by Crippen LogP contribution is 2.35. The van der Waals surface area contributed by atoms with Crippen molar-refractivity contribution in [3.8, 4) is 11.5 Å². The van der Waals surface area contributed by atoms with Crippen LogP contribution in [0.4, 0.5) is 0 Å². The van der Waals surface area contributed by atoms with Crippen LogP contribution in [0.15, 0.2) is 53.4 Å². The Labute approximate surface area is 180 Å². The zero-order chi connectivity index (χ0) is 20.6. The fourth-order valence-electron chi connectivity index (χ4n) is 2.76. The molecule has 1 heterocycles. The number of ether oxygens (including phenoxy) is 3. The number of nitrogens with zero attached hydrogens (tertiary/aromatic N) is 1. The van der Waals surface area contributed by atoms with E-state index in [1.807, 2.05) is 61.5 Å². The maximum absolute atomic E-state index is 12.6. The summed E-state index contributed by atoms with van der Waals surface area (Å²) in [4.78, 5) is 14.8. The molecule has 1 amide bonds. The topological polar surface area (TPSA) is 48.0 Å². The smallest absolute Gasteiger partial charge is 0.266 e. The minimum Gasteiger partial charge on any atom is -0.490 e. The summed E-state index contributed by atoms with van der Waals surface area (Å²) in [6.45, 7) is 3.80. The zero-order valence-electron chi connectivity index (χ0n) is 16.4. The van der Waals surface area contributed by atoms with Crippen molar-refractivity contribution in [2.45, 2.75) is 13.5 Å². The van der Waals surface area contributed by atoms with Gasteiger partial charge in [0.15, 0.2) is 11.5 Å². The maximum Gasteiger partial charge on any atom is 0.266 e. The van der Waals surface area contributed by atoms with E-state index in [-0.39, 0.29) is 5.91 Å². The molecule has 1 aliphatic heterocycles. The van der Waals surface area contributed by atoms with Crippen LogP contribution in [0.1, 0.15) is 18.1 Å². The first kappa shape index (κ1) is 21.4. The summed E-state index contributed by atoms with van der Waals surface area (Å²) in [6, 6.07) is 15.6. The Hall–Kier alpha value is -2.35. The largest absolute Gasteiger partial charge is 0.490 e. The second-order valence-corrected chi connectivity index (χ2v) is 7.92. The molecule has 2 aromatic rings. The summed E-state index contributed by atoms with van der Waals surface area (Å²) in [7, 11) is 1.60. The molecule has 0 aliphatic carbocycles. The van der Waals surface area contributed by atoms with Crippen molar-refractivity contribution in [2.24, 2.45) is 0 Å². The standard InChI is InChI=1S/C22H23NO4S2/c1-3-26-19-13-17(9-10-18(19)27-15-16-7-5-4-6-8-16)14-20-21(24)23(11-12-25-2)22(28)29-20/h4-10,13-14H,3,11-12,15H2,1-2H3/b20-14+. The van der Waals surface area contributed by atoms with Crippen molar-refractivity contribution >= 4 is 40.3 Å². The summed E-state index contributed by atoms with van der Waals surface area (Å²) in [5.41, 5.74) is 1.94. The highest BCUT2D eigenvalue weighted by atomic mass is 32.2. The number of carbonyl (C=O) groups is 1. The number of thioether (sulfide) groups is 1. The zero-order valence-corrected chi connectivity index (χ0v) is 18.1. The van der Waals surface area contributed by atoms with E-state index in [1.54, 1.807) is 12.0 Å². The second kappa shape index (κ2) is 10.4. The van der Waals surface area contributed by atoms with Crippen LogP contribution < -0.4 is 9.47 Å². The average Bonchev–Trinajstić information content (AvgIpc) is 2.99.